The van der Waals surface area contributed by atoms with Crippen molar-refractivity contribution in [2.45, 2.75) is 53.5 Å². The maximum absolute atomic E-state index is 3.55. The van der Waals surface area contributed by atoms with Gasteiger partial charge in [-0.05, 0) is 56.8 Å². The maximum atomic E-state index is 3.55. The predicted molar refractivity (Wildman–Crippen MR) is 72.1 cm³/mol. The lowest BCUT2D eigenvalue weighted by Gasteiger charge is -2.19. The molecular weight excluding hydrogens is 194 g/mol. The Hall–Kier alpha value is -0.820. The van der Waals surface area contributed by atoms with Gasteiger partial charge in [-0.3, -0.25) is 0 Å². The Morgan fingerprint density at radius 3 is 2.06 bits per heavy atom. The minimum absolute atomic E-state index is 0.616. The molecule has 90 valence electrons. The Labute approximate surface area is 100 Å². The molecule has 0 fully saturated rings. The number of hydrogen-bond acceptors (Lipinski definition) is 1. The van der Waals surface area contributed by atoms with Gasteiger partial charge in [-0.25, -0.2) is 0 Å². The van der Waals surface area contributed by atoms with Crippen LogP contribution in [0.3, 0.4) is 0 Å². The molecule has 1 aromatic carbocycles. The third-order valence-corrected chi connectivity index (χ3v) is 3.28. The first kappa shape index (κ1) is 13.2. The Morgan fingerprint density at radius 1 is 1.06 bits per heavy atom. The van der Waals surface area contributed by atoms with Crippen molar-refractivity contribution in [2.75, 3.05) is 6.54 Å². The number of likely N-dealkylation sites (N-methyl/N-ethyl adjacent to an activating group) is 1. The second-order valence-corrected chi connectivity index (χ2v) is 4.74. The van der Waals surface area contributed by atoms with E-state index in [1.807, 2.05) is 0 Å². The molecule has 1 atom stereocenters. The van der Waals surface area contributed by atoms with Crippen LogP contribution >= 0.6 is 0 Å². The van der Waals surface area contributed by atoms with E-state index in [-0.39, 0.29) is 0 Å². The van der Waals surface area contributed by atoms with Crippen molar-refractivity contribution in [1.29, 1.82) is 0 Å². The minimum Gasteiger partial charge on any atom is -0.314 e. The molecule has 0 aliphatic carbocycles. The summed E-state index contributed by atoms with van der Waals surface area (Å²) in [5, 5.41) is 3.55. The van der Waals surface area contributed by atoms with Crippen LogP contribution in [-0.2, 0) is 6.42 Å². The number of aryl methyl sites for hydroxylation is 3. The molecule has 0 amide bonds. The summed E-state index contributed by atoms with van der Waals surface area (Å²) in [5.41, 5.74) is 5.77. The summed E-state index contributed by atoms with van der Waals surface area (Å²) < 4.78 is 0. The van der Waals surface area contributed by atoms with Crippen molar-refractivity contribution in [3.63, 3.8) is 0 Å². The Kier molecular flexibility index (Phi) is 5.01. The van der Waals surface area contributed by atoms with Crippen LogP contribution in [0.25, 0.3) is 0 Å². The van der Waals surface area contributed by atoms with Crippen molar-refractivity contribution in [3.8, 4) is 0 Å². The molecule has 0 bridgehead atoms. The van der Waals surface area contributed by atoms with Gasteiger partial charge in [0.2, 0.25) is 0 Å². The molecule has 0 aromatic heterocycles. The van der Waals surface area contributed by atoms with Crippen LogP contribution < -0.4 is 5.32 Å². The molecule has 1 rings (SSSR count). The molecule has 1 unspecified atom stereocenters. The molecule has 1 aromatic rings. The fourth-order valence-corrected chi connectivity index (χ4v) is 2.43. The van der Waals surface area contributed by atoms with E-state index >= 15 is 0 Å². The molecular formula is C15H25N. The standard InChI is InChI=1S/C15H25N/c1-6-14(16-7-2)10-15-12(4)8-11(3)9-13(15)5/h8-9,14,16H,6-7,10H2,1-5H3. The lowest BCUT2D eigenvalue weighted by molar-refractivity contribution is 0.508. The van der Waals surface area contributed by atoms with E-state index in [0.29, 0.717) is 6.04 Å². The van der Waals surface area contributed by atoms with Crippen LogP contribution in [0.4, 0.5) is 0 Å². The highest BCUT2D eigenvalue weighted by atomic mass is 14.9. The highest BCUT2D eigenvalue weighted by molar-refractivity contribution is 5.38. The van der Waals surface area contributed by atoms with E-state index in [9.17, 15) is 0 Å². The molecule has 0 radical (unpaired) electrons. The number of nitrogens with one attached hydrogen (secondary N) is 1. The summed E-state index contributed by atoms with van der Waals surface area (Å²) >= 11 is 0. The first-order chi connectivity index (χ1) is 7.58. The summed E-state index contributed by atoms with van der Waals surface area (Å²) in [4.78, 5) is 0. The second-order valence-electron chi connectivity index (χ2n) is 4.74. The highest BCUT2D eigenvalue weighted by Gasteiger charge is 2.10. The largest absolute Gasteiger partial charge is 0.314 e. The van der Waals surface area contributed by atoms with Crippen molar-refractivity contribution >= 4 is 0 Å². The molecule has 0 aliphatic heterocycles. The summed E-state index contributed by atoms with van der Waals surface area (Å²) in [5.74, 6) is 0. The second kappa shape index (κ2) is 6.05. The van der Waals surface area contributed by atoms with Gasteiger partial charge < -0.3 is 5.32 Å². The van der Waals surface area contributed by atoms with Gasteiger partial charge in [-0.2, -0.15) is 0 Å². The van der Waals surface area contributed by atoms with Crippen molar-refractivity contribution < 1.29 is 0 Å². The van der Waals surface area contributed by atoms with Crippen molar-refractivity contribution in [1.82, 2.24) is 5.32 Å². The molecule has 0 saturated heterocycles. The van der Waals surface area contributed by atoms with Gasteiger partial charge in [0.1, 0.15) is 0 Å². The molecule has 0 heterocycles. The topological polar surface area (TPSA) is 12.0 Å². The lowest BCUT2D eigenvalue weighted by Crippen LogP contribution is -2.30. The van der Waals surface area contributed by atoms with Crippen molar-refractivity contribution in [3.05, 3.63) is 34.4 Å². The van der Waals surface area contributed by atoms with Gasteiger partial charge in [-0.1, -0.05) is 31.5 Å². The van der Waals surface area contributed by atoms with E-state index in [4.69, 9.17) is 0 Å². The molecule has 16 heavy (non-hydrogen) atoms. The summed E-state index contributed by atoms with van der Waals surface area (Å²) in [6.07, 6.45) is 2.35. The van der Waals surface area contributed by atoms with Crippen molar-refractivity contribution in [2.24, 2.45) is 0 Å². The fourth-order valence-electron chi connectivity index (χ4n) is 2.43. The summed E-state index contributed by atoms with van der Waals surface area (Å²) in [6.45, 7) is 12.1. The predicted octanol–water partition coefficient (Wildman–Crippen LogP) is 3.54. The van der Waals surface area contributed by atoms with Gasteiger partial charge in [0.15, 0.2) is 0 Å². The smallest absolute Gasteiger partial charge is 0.0105 e. The van der Waals surface area contributed by atoms with Crippen LogP contribution in [0.2, 0.25) is 0 Å². The van der Waals surface area contributed by atoms with E-state index in [1.165, 1.54) is 28.7 Å². The normalized spacial score (nSPS) is 12.8. The number of benzene rings is 1. The third-order valence-electron chi connectivity index (χ3n) is 3.28. The molecule has 1 heteroatoms. The quantitative estimate of drug-likeness (QED) is 0.798. The SMILES string of the molecule is CCNC(CC)Cc1c(C)cc(C)cc1C. The van der Waals surface area contributed by atoms with Crippen LogP contribution in [-0.4, -0.2) is 12.6 Å². The average molecular weight is 219 g/mol. The third kappa shape index (κ3) is 3.34. The summed E-state index contributed by atoms with van der Waals surface area (Å²) in [7, 11) is 0. The first-order valence-electron chi connectivity index (χ1n) is 6.38. The first-order valence-corrected chi connectivity index (χ1v) is 6.38. The van der Waals surface area contributed by atoms with Crippen LogP contribution in [0, 0.1) is 20.8 Å². The van der Waals surface area contributed by atoms with Gasteiger partial charge in [0.25, 0.3) is 0 Å². The van der Waals surface area contributed by atoms with Crippen LogP contribution in [0.5, 0.6) is 0 Å². The monoisotopic (exact) mass is 219 g/mol. The zero-order valence-corrected chi connectivity index (χ0v) is 11.4. The zero-order valence-electron chi connectivity index (χ0n) is 11.4. The fraction of sp³-hybridized carbons (Fsp3) is 0.600. The van der Waals surface area contributed by atoms with Gasteiger partial charge in [0, 0.05) is 6.04 Å². The number of rotatable bonds is 5. The molecule has 1 nitrogen and oxygen atoms in total. The Bertz CT molecular complexity index is 318. The minimum atomic E-state index is 0.616. The van der Waals surface area contributed by atoms with Crippen LogP contribution in [0.15, 0.2) is 12.1 Å². The highest BCUT2D eigenvalue weighted by Crippen LogP contribution is 2.18. The van der Waals surface area contributed by atoms with Gasteiger partial charge in [-0.15, -0.1) is 0 Å². The van der Waals surface area contributed by atoms with E-state index in [2.05, 4.69) is 52.1 Å². The molecule has 0 saturated carbocycles. The average Bonchev–Trinajstić information content (AvgIpc) is 2.21. The molecule has 0 aliphatic rings. The summed E-state index contributed by atoms with van der Waals surface area (Å²) in [6, 6.07) is 5.20. The molecule has 0 spiro atoms. The van der Waals surface area contributed by atoms with Crippen LogP contribution in [0.1, 0.15) is 42.5 Å². The number of hydrogen-bond donors (Lipinski definition) is 1. The lowest BCUT2D eigenvalue weighted by atomic mass is 9.93. The van der Waals surface area contributed by atoms with Gasteiger partial charge in [0.05, 0.1) is 0 Å². The van der Waals surface area contributed by atoms with E-state index in [0.717, 1.165) is 13.0 Å². The zero-order chi connectivity index (χ0) is 12.1. The molecule has 1 N–H and O–H groups in total. The van der Waals surface area contributed by atoms with E-state index < -0.39 is 0 Å². The van der Waals surface area contributed by atoms with Gasteiger partial charge >= 0.3 is 0 Å². The van der Waals surface area contributed by atoms with E-state index in [1.54, 1.807) is 0 Å². The Balaban J connectivity index is 2.87. The Morgan fingerprint density at radius 2 is 1.62 bits per heavy atom. The maximum Gasteiger partial charge on any atom is 0.0105 e.